The van der Waals surface area contributed by atoms with Crippen molar-refractivity contribution in [3.8, 4) is 0 Å². The van der Waals surface area contributed by atoms with E-state index in [1.807, 2.05) is 4.90 Å². The molecule has 2 aliphatic heterocycles. The zero-order valence-electron chi connectivity index (χ0n) is 15.3. The first kappa shape index (κ1) is 19.0. The highest BCUT2D eigenvalue weighted by molar-refractivity contribution is 5.84. The summed E-state index contributed by atoms with van der Waals surface area (Å²) in [6.07, 6.45) is 2.13. The number of amides is 3. The van der Waals surface area contributed by atoms with Gasteiger partial charge in [0.25, 0.3) is 0 Å². The summed E-state index contributed by atoms with van der Waals surface area (Å²) in [5.41, 5.74) is -0.0115. The van der Waals surface area contributed by atoms with Crippen molar-refractivity contribution in [1.82, 2.24) is 20.0 Å². The zero-order chi connectivity index (χ0) is 17.6. The molecule has 0 spiro atoms. The number of rotatable bonds is 6. The molecule has 0 radical (unpaired) electrons. The Labute approximate surface area is 145 Å². The van der Waals surface area contributed by atoms with Gasteiger partial charge in [-0.15, -0.1) is 0 Å². The van der Waals surface area contributed by atoms with Gasteiger partial charge in [0.1, 0.15) is 0 Å². The number of ether oxygens (including phenoxy) is 1. The first-order chi connectivity index (χ1) is 11.4. The molecule has 3 amide bonds. The third-order valence-electron chi connectivity index (χ3n) is 4.62. The van der Waals surface area contributed by atoms with E-state index in [-0.39, 0.29) is 23.9 Å². The van der Waals surface area contributed by atoms with Crippen LogP contribution in [-0.4, -0.2) is 92.7 Å². The van der Waals surface area contributed by atoms with Crippen molar-refractivity contribution >= 4 is 11.9 Å². The Bertz CT molecular complexity index is 430. The summed E-state index contributed by atoms with van der Waals surface area (Å²) < 4.78 is 5.38. The van der Waals surface area contributed by atoms with Crippen molar-refractivity contribution < 1.29 is 14.3 Å². The molecule has 24 heavy (non-hydrogen) atoms. The predicted octanol–water partition coefficient (Wildman–Crippen LogP) is 0.609. The largest absolute Gasteiger partial charge is 0.379 e. The van der Waals surface area contributed by atoms with Crippen LogP contribution in [-0.2, 0) is 9.53 Å². The van der Waals surface area contributed by atoms with Crippen LogP contribution >= 0.6 is 0 Å². The highest BCUT2D eigenvalue weighted by atomic mass is 16.5. The van der Waals surface area contributed by atoms with E-state index in [2.05, 4.69) is 24.1 Å². The van der Waals surface area contributed by atoms with Crippen molar-refractivity contribution in [1.29, 1.82) is 0 Å². The number of nitrogens with zero attached hydrogens (tertiary/aromatic N) is 3. The number of likely N-dealkylation sites (tertiary alicyclic amines) is 1. The summed E-state index contributed by atoms with van der Waals surface area (Å²) in [6, 6.07) is -0.183. The fraction of sp³-hybridized carbons (Fsp3) is 0.882. The van der Waals surface area contributed by atoms with Crippen molar-refractivity contribution in [3.63, 3.8) is 0 Å². The van der Waals surface area contributed by atoms with Crippen LogP contribution in [0.25, 0.3) is 0 Å². The minimum atomic E-state index is -0.183. The lowest BCUT2D eigenvalue weighted by molar-refractivity contribution is -0.129. The molecule has 7 nitrogen and oxygen atoms in total. The smallest absolute Gasteiger partial charge is 0.317 e. The van der Waals surface area contributed by atoms with Gasteiger partial charge in [-0.2, -0.15) is 0 Å². The molecule has 7 heteroatoms. The second-order valence-electron chi connectivity index (χ2n) is 7.66. The first-order valence-corrected chi connectivity index (χ1v) is 8.94. The number of urea groups is 1. The summed E-state index contributed by atoms with van der Waals surface area (Å²) >= 11 is 0. The maximum absolute atomic E-state index is 12.2. The van der Waals surface area contributed by atoms with E-state index in [0.717, 1.165) is 58.8 Å². The van der Waals surface area contributed by atoms with E-state index in [9.17, 15) is 9.59 Å². The standard InChI is InChI=1S/C17H32N4O3/c1-17(2,14-20-8-10-24-11-9-20)13-19(3)16(23)18-12-15(22)21-6-4-5-7-21/h4-14H2,1-3H3,(H,18,23). The van der Waals surface area contributed by atoms with Gasteiger partial charge in [0.15, 0.2) is 0 Å². The van der Waals surface area contributed by atoms with E-state index in [1.165, 1.54) is 0 Å². The van der Waals surface area contributed by atoms with Gasteiger partial charge in [-0.05, 0) is 18.3 Å². The van der Waals surface area contributed by atoms with Gasteiger partial charge in [0, 0.05) is 46.3 Å². The fourth-order valence-corrected chi connectivity index (χ4v) is 3.49. The highest BCUT2D eigenvalue weighted by Gasteiger charge is 2.27. The number of hydrogen-bond acceptors (Lipinski definition) is 4. The molecule has 0 atom stereocenters. The van der Waals surface area contributed by atoms with Crippen molar-refractivity contribution in [2.75, 3.05) is 66.1 Å². The average Bonchev–Trinajstić information content (AvgIpc) is 3.06. The monoisotopic (exact) mass is 340 g/mol. The average molecular weight is 340 g/mol. The maximum Gasteiger partial charge on any atom is 0.317 e. The third-order valence-corrected chi connectivity index (χ3v) is 4.62. The lowest BCUT2D eigenvalue weighted by atomic mass is 9.92. The fourth-order valence-electron chi connectivity index (χ4n) is 3.49. The van der Waals surface area contributed by atoms with Crippen LogP contribution in [0.4, 0.5) is 4.79 Å². The number of hydrogen-bond donors (Lipinski definition) is 1. The molecule has 2 fully saturated rings. The van der Waals surface area contributed by atoms with Gasteiger partial charge < -0.3 is 19.9 Å². The summed E-state index contributed by atoms with van der Waals surface area (Å²) in [4.78, 5) is 30.1. The Hall–Kier alpha value is -1.34. The number of carbonyl (C=O) groups is 2. The van der Waals surface area contributed by atoms with E-state index >= 15 is 0 Å². The molecule has 1 N–H and O–H groups in total. The Kier molecular flexibility index (Phi) is 6.86. The Morgan fingerprint density at radius 3 is 2.38 bits per heavy atom. The number of morpholine rings is 1. The first-order valence-electron chi connectivity index (χ1n) is 8.94. The summed E-state index contributed by atoms with van der Waals surface area (Å²) in [5, 5.41) is 2.75. The molecule has 138 valence electrons. The second kappa shape index (κ2) is 8.67. The van der Waals surface area contributed by atoms with Crippen molar-refractivity contribution in [2.45, 2.75) is 26.7 Å². The minimum Gasteiger partial charge on any atom is -0.379 e. The topological polar surface area (TPSA) is 65.1 Å². The molecule has 0 aromatic rings. The molecule has 0 unspecified atom stereocenters. The molecule has 0 aliphatic carbocycles. The van der Waals surface area contributed by atoms with Crippen LogP contribution in [0, 0.1) is 5.41 Å². The van der Waals surface area contributed by atoms with Gasteiger partial charge in [0.05, 0.1) is 19.8 Å². The molecular weight excluding hydrogens is 308 g/mol. The summed E-state index contributed by atoms with van der Waals surface area (Å²) in [7, 11) is 1.79. The molecule has 0 aromatic carbocycles. The van der Waals surface area contributed by atoms with Crippen molar-refractivity contribution in [3.05, 3.63) is 0 Å². The normalized spacial score (nSPS) is 19.4. The lowest BCUT2D eigenvalue weighted by Gasteiger charge is -2.37. The van der Waals surface area contributed by atoms with E-state index in [4.69, 9.17) is 4.74 Å². The van der Waals surface area contributed by atoms with Gasteiger partial charge in [0.2, 0.25) is 5.91 Å². The molecule has 2 heterocycles. The van der Waals surface area contributed by atoms with Crippen LogP contribution in [0.2, 0.25) is 0 Å². The molecule has 2 rings (SSSR count). The Morgan fingerprint density at radius 2 is 1.75 bits per heavy atom. The molecule has 2 aliphatic rings. The Balaban J connectivity index is 1.71. The molecular formula is C17H32N4O3. The van der Waals surface area contributed by atoms with Crippen LogP contribution in [0.1, 0.15) is 26.7 Å². The van der Waals surface area contributed by atoms with E-state index < -0.39 is 0 Å². The molecule has 2 saturated heterocycles. The van der Waals surface area contributed by atoms with Gasteiger partial charge in [-0.25, -0.2) is 4.79 Å². The van der Waals surface area contributed by atoms with E-state index in [0.29, 0.717) is 6.54 Å². The molecule has 0 bridgehead atoms. The lowest BCUT2D eigenvalue weighted by Crippen LogP contribution is -2.49. The number of carbonyl (C=O) groups excluding carboxylic acids is 2. The SMILES string of the molecule is CN(CC(C)(C)CN1CCOCC1)C(=O)NCC(=O)N1CCCC1. The maximum atomic E-state index is 12.2. The van der Waals surface area contributed by atoms with Gasteiger partial charge in [-0.1, -0.05) is 13.8 Å². The zero-order valence-corrected chi connectivity index (χ0v) is 15.3. The van der Waals surface area contributed by atoms with E-state index in [1.54, 1.807) is 11.9 Å². The third kappa shape index (κ3) is 5.94. The van der Waals surface area contributed by atoms with Gasteiger partial charge >= 0.3 is 6.03 Å². The van der Waals surface area contributed by atoms with Crippen LogP contribution in [0.15, 0.2) is 0 Å². The minimum absolute atomic E-state index is 0.0115. The van der Waals surface area contributed by atoms with Crippen molar-refractivity contribution in [2.24, 2.45) is 5.41 Å². The quantitative estimate of drug-likeness (QED) is 0.769. The predicted molar refractivity (Wildman–Crippen MR) is 92.9 cm³/mol. The molecule has 0 saturated carbocycles. The van der Waals surface area contributed by atoms with Crippen LogP contribution < -0.4 is 5.32 Å². The van der Waals surface area contributed by atoms with Crippen LogP contribution in [0.3, 0.4) is 0 Å². The van der Waals surface area contributed by atoms with Gasteiger partial charge in [-0.3, -0.25) is 9.69 Å². The highest BCUT2D eigenvalue weighted by Crippen LogP contribution is 2.19. The summed E-state index contributed by atoms with van der Waals surface area (Å²) in [6.45, 7) is 11.1. The summed E-state index contributed by atoms with van der Waals surface area (Å²) in [5.74, 6) is 0.0156. The molecule has 0 aromatic heterocycles. The second-order valence-corrected chi connectivity index (χ2v) is 7.66. The van der Waals surface area contributed by atoms with Crippen LogP contribution in [0.5, 0.6) is 0 Å². The Morgan fingerprint density at radius 1 is 1.12 bits per heavy atom. The number of nitrogens with one attached hydrogen (secondary N) is 1.